The smallest absolute Gasteiger partial charge is 0.191 e. The number of aliphatic imine (C=N–C) groups is 1. The molecule has 2 rings (SSSR count). The molecule has 0 fully saturated rings. The fourth-order valence-electron chi connectivity index (χ4n) is 2.51. The Morgan fingerprint density at radius 3 is 2.50 bits per heavy atom. The van der Waals surface area contributed by atoms with Crippen LogP contribution in [0.4, 0.5) is 0 Å². The normalized spacial score (nSPS) is 11.8. The number of nitrogens with zero attached hydrogens (tertiary/aromatic N) is 3. The molecule has 0 bridgehead atoms. The second-order valence-electron chi connectivity index (χ2n) is 6.71. The highest BCUT2D eigenvalue weighted by Crippen LogP contribution is 2.19. The maximum absolute atomic E-state index is 4.61. The van der Waals surface area contributed by atoms with Gasteiger partial charge in [0, 0.05) is 30.6 Å². The number of aryl methyl sites for hydroxylation is 2. The van der Waals surface area contributed by atoms with E-state index in [2.05, 4.69) is 72.0 Å². The number of thioether (sulfide) groups is 1. The minimum atomic E-state index is 0. The second kappa shape index (κ2) is 10.2. The summed E-state index contributed by atoms with van der Waals surface area (Å²) in [7, 11) is 1.80. The van der Waals surface area contributed by atoms with Gasteiger partial charge < -0.3 is 10.6 Å². The number of hydrogen-bond acceptors (Lipinski definition) is 3. The van der Waals surface area contributed by atoms with E-state index in [-0.39, 0.29) is 28.7 Å². The first-order chi connectivity index (χ1) is 11.9. The van der Waals surface area contributed by atoms with E-state index in [4.69, 9.17) is 0 Å². The Labute approximate surface area is 178 Å². The first-order valence-electron chi connectivity index (χ1n) is 8.47. The van der Waals surface area contributed by atoms with E-state index in [1.807, 2.05) is 29.4 Å². The summed E-state index contributed by atoms with van der Waals surface area (Å²) >= 11 is 1.84. The van der Waals surface area contributed by atoms with Crippen LogP contribution in [0.2, 0.25) is 0 Å². The summed E-state index contributed by atoms with van der Waals surface area (Å²) in [6, 6.07) is 10.4. The molecule has 0 saturated heterocycles. The molecule has 2 N–H and O–H groups in total. The highest BCUT2D eigenvalue weighted by molar-refractivity contribution is 14.0. The van der Waals surface area contributed by atoms with Crippen molar-refractivity contribution in [3.63, 3.8) is 0 Å². The Balaban J connectivity index is 0.00000338. The van der Waals surface area contributed by atoms with Crippen molar-refractivity contribution in [3.05, 3.63) is 47.3 Å². The van der Waals surface area contributed by atoms with Crippen LogP contribution in [-0.2, 0) is 6.54 Å². The zero-order valence-corrected chi connectivity index (χ0v) is 19.6. The zero-order valence-electron chi connectivity index (χ0n) is 16.5. The van der Waals surface area contributed by atoms with Gasteiger partial charge in [-0.25, -0.2) is 4.68 Å². The van der Waals surface area contributed by atoms with Crippen molar-refractivity contribution in [1.29, 1.82) is 0 Å². The predicted octanol–water partition coefficient (Wildman–Crippen LogP) is 3.91. The van der Waals surface area contributed by atoms with Gasteiger partial charge in [-0.2, -0.15) is 16.9 Å². The van der Waals surface area contributed by atoms with E-state index in [0.29, 0.717) is 6.54 Å². The van der Waals surface area contributed by atoms with Gasteiger partial charge >= 0.3 is 0 Å². The van der Waals surface area contributed by atoms with Crippen LogP contribution in [0.5, 0.6) is 0 Å². The van der Waals surface area contributed by atoms with E-state index >= 15 is 0 Å². The molecule has 0 unspecified atom stereocenters. The lowest BCUT2D eigenvalue weighted by Gasteiger charge is -2.24. The quantitative estimate of drug-likeness (QED) is 0.369. The third-order valence-corrected chi connectivity index (χ3v) is 5.38. The number of guanidine groups is 1. The largest absolute Gasteiger partial charge is 0.355 e. The van der Waals surface area contributed by atoms with E-state index < -0.39 is 0 Å². The van der Waals surface area contributed by atoms with Gasteiger partial charge in [0.15, 0.2) is 5.96 Å². The van der Waals surface area contributed by atoms with Crippen LogP contribution in [0, 0.1) is 13.8 Å². The fourth-order valence-corrected chi connectivity index (χ4v) is 2.72. The molecule has 0 saturated carbocycles. The van der Waals surface area contributed by atoms with Crippen molar-refractivity contribution in [2.75, 3.05) is 19.8 Å². The molecule has 0 aliphatic heterocycles. The summed E-state index contributed by atoms with van der Waals surface area (Å²) in [4.78, 5) is 4.33. The molecule has 0 amide bonds. The lowest BCUT2D eigenvalue weighted by Crippen LogP contribution is -2.43. The van der Waals surface area contributed by atoms with Crippen LogP contribution in [0.3, 0.4) is 0 Å². The lowest BCUT2D eigenvalue weighted by molar-refractivity contribution is 0.664. The van der Waals surface area contributed by atoms with Crippen LogP contribution >= 0.6 is 35.7 Å². The first-order valence-corrected chi connectivity index (χ1v) is 9.70. The molecular weight excluding hydrogens is 457 g/mol. The van der Waals surface area contributed by atoms with Gasteiger partial charge in [0.05, 0.1) is 11.4 Å². The van der Waals surface area contributed by atoms with Crippen molar-refractivity contribution < 1.29 is 0 Å². The Hall–Kier alpha value is -1.22. The molecule has 1 aromatic heterocycles. The summed E-state index contributed by atoms with van der Waals surface area (Å²) in [6.45, 7) is 10.1. The number of aromatic nitrogens is 2. The maximum Gasteiger partial charge on any atom is 0.191 e. The molecule has 2 aromatic rings. The molecule has 1 aromatic carbocycles. The number of rotatable bonds is 6. The van der Waals surface area contributed by atoms with Crippen LogP contribution in [0.1, 0.15) is 30.8 Å². The Bertz CT molecular complexity index is 739. The van der Waals surface area contributed by atoms with Crippen LogP contribution < -0.4 is 10.6 Å². The fraction of sp³-hybridized carbons (Fsp3) is 0.474. The van der Waals surface area contributed by atoms with Gasteiger partial charge in [0.25, 0.3) is 0 Å². The minimum absolute atomic E-state index is 0. The zero-order chi connectivity index (χ0) is 18.4. The molecule has 7 heteroatoms. The Morgan fingerprint density at radius 2 is 1.92 bits per heavy atom. The molecule has 1 heterocycles. The molecule has 0 aliphatic carbocycles. The summed E-state index contributed by atoms with van der Waals surface area (Å²) < 4.78 is 2.17. The standard InChI is InChI=1S/C19H29N5S.HI/c1-14-11-15(2)24(23-14)17-10-8-7-9-16(17)12-21-18(20-5)22-13-19(3,4)25-6;/h7-11H,12-13H2,1-6H3,(H2,20,21,22);1H. The number of halogens is 1. The maximum atomic E-state index is 4.61. The first kappa shape index (κ1) is 22.8. The average Bonchev–Trinajstić information content (AvgIpc) is 2.93. The summed E-state index contributed by atoms with van der Waals surface area (Å²) in [5.74, 6) is 0.810. The molecule has 144 valence electrons. The van der Waals surface area contributed by atoms with E-state index in [0.717, 1.165) is 29.6 Å². The lowest BCUT2D eigenvalue weighted by atomic mass is 10.1. The van der Waals surface area contributed by atoms with Gasteiger partial charge in [-0.15, -0.1) is 24.0 Å². The van der Waals surface area contributed by atoms with Gasteiger partial charge in [-0.1, -0.05) is 18.2 Å². The third kappa shape index (κ3) is 6.19. The van der Waals surface area contributed by atoms with Gasteiger partial charge in [0.2, 0.25) is 0 Å². The van der Waals surface area contributed by atoms with Crippen LogP contribution in [0.25, 0.3) is 5.69 Å². The molecule has 0 spiro atoms. The van der Waals surface area contributed by atoms with Gasteiger partial charge in [-0.05, 0) is 51.6 Å². The molecule has 0 aliphatic rings. The number of benzene rings is 1. The molecule has 0 atom stereocenters. The van der Waals surface area contributed by atoms with Crippen LogP contribution in [0.15, 0.2) is 35.3 Å². The summed E-state index contributed by atoms with van der Waals surface area (Å²) in [5.41, 5.74) is 4.44. The minimum Gasteiger partial charge on any atom is -0.355 e. The van der Waals surface area contributed by atoms with Crippen LogP contribution in [-0.4, -0.2) is 40.3 Å². The SMILES string of the molecule is CN=C(NCc1ccccc1-n1nc(C)cc1C)NCC(C)(C)SC.I. The van der Waals surface area contributed by atoms with Crippen molar-refractivity contribution in [3.8, 4) is 5.69 Å². The third-order valence-electron chi connectivity index (χ3n) is 4.13. The Kier molecular flexibility index (Phi) is 8.95. The molecular formula is C19H30IN5S. The number of nitrogens with one attached hydrogen (secondary N) is 2. The van der Waals surface area contributed by atoms with E-state index in [1.165, 1.54) is 5.56 Å². The van der Waals surface area contributed by atoms with Crippen molar-refractivity contribution >= 4 is 41.7 Å². The van der Waals surface area contributed by atoms with Crippen molar-refractivity contribution in [2.45, 2.75) is 39.0 Å². The van der Waals surface area contributed by atoms with Crippen molar-refractivity contribution in [1.82, 2.24) is 20.4 Å². The molecule has 0 radical (unpaired) electrons. The summed E-state index contributed by atoms with van der Waals surface area (Å²) in [5, 5.41) is 11.4. The van der Waals surface area contributed by atoms with Gasteiger partial charge in [0.1, 0.15) is 0 Å². The average molecular weight is 487 g/mol. The molecule has 5 nitrogen and oxygen atoms in total. The van der Waals surface area contributed by atoms with Gasteiger partial charge in [-0.3, -0.25) is 4.99 Å². The number of hydrogen-bond donors (Lipinski definition) is 2. The van der Waals surface area contributed by atoms with E-state index in [9.17, 15) is 0 Å². The monoisotopic (exact) mass is 487 g/mol. The molecule has 26 heavy (non-hydrogen) atoms. The number of para-hydroxylation sites is 1. The highest BCUT2D eigenvalue weighted by Gasteiger charge is 2.16. The Morgan fingerprint density at radius 1 is 1.23 bits per heavy atom. The topological polar surface area (TPSA) is 54.2 Å². The predicted molar refractivity (Wildman–Crippen MR) is 124 cm³/mol. The summed E-state index contributed by atoms with van der Waals surface area (Å²) in [6.07, 6.45) is 2.13. The van der Waals surface area contributed by atoms with E-state index in [1.54, 1.807) is 7.05 Å². The highest BCUT2D eigenvalue weighted by atomic mass is 127. The second-order valence-corrected chi connectivity index (χ2v) is 8.22. The van der Waals surface area contributed by atoms with Crippen molar-refractivity contribution in [2.24, 2.45) is 4.99 Å².